The maximum absolute atomic E-state index is 12.2. The highest BCUT2D eigenvalue weighted by Crippen LogP contribution is 2.28. The summed E-state index contributed by atoms with van der Waals surface area (Å²) in [5, 5.41) is 20.1. The molecule has 2 aliphatic rings. The summed E-state index contributed by atoms with van der Waals surface area (Å²) in [4.78, 5) is 42.7. The second-order valence-electron chi connectivity index (χ2n) is 13.7. The second kappa shape index (κ2) is 15.1. The fraction of sp³-hybridized carbons (Fsp3) is 0.368. The van der Waals surface area contributed by atoms with Crippen LogP contribution in [0.2, 0.25) is 0 Å². The van der Waals surface area contributed by atoms with Crippen molar-refractivity contribution in [1.29, 1.82) is 0 Å². The molecule has 6 heterocycles. The zero-order valence-electron chi connectivity index (χ0n) is 30.0. The molecule has 6 aromatic heterocycles. The Balaban J connectivity index is 0.000000162. The van der Waals surface area contributed by atoms with E-state index in [1.807, 2.05) is 77.1 Å². The van der Waals surface area contributed by atoms with E-state index >= 15 is 0 Å². The number of fused-ring (bicyclic) bond motifs is 2. The number of carbonyl (C=O) groups excluding carboxylic acids is 2. The molecule has 2 aliphatic carbocycles. The van der Waals surface area contributed by atoms with Gasteiger partial charge in [-0.3, -0.25) is 30.0 Å². The van der Waals surface area contributed by atoms with Crippen molar-refractivity contribution in [3.8, 4) is 22.3 Å². The summed E-state index contributed by atoms with van der Waals surface area (Å²) in [5.41, 5.74) is 9.05. The van der Waals surface area contributed by atoms with E-state index in [1.165, 1.54) is 25.7 Å². The first-order chi connectivity index (χ1) is 25.2. The van der Waals surface area contributed by atoms with E-state index in [-0.39, 0.29) is 24.1 Å². The normalized spacial score (nSPS) is 14.7. The average Bonchev–Trinajstić information content (AvgIpc) is 3.96. The highest BCUT2D eigenvalue weighted by Gasteiger charge is 2.19. The predicted octanol–water partition coefficient (Wildman–Crippen LogP) is 6.81. The summed E-state index contributed by atoms with van der Waals surface area (Å²) in [7, 11) is 3.77. The molecule has 0 radical (unpaired) electrons. The first-order valence-electron chi connectivity index (χ1n) is 17.9. The van der Waals surface area contributed by atoms with Crippen LogP contribution in [0, 0.1) is 13.8 Å². The number of rotatable bonds is 6. The molecule has 0 unspecified atom stereocenters. The zero-order chi connectivity index (χ0) is 36.2. The Kier molecular flexibility index (Phi) is 10.0. The number of amides is 4. The Morgan fingerprint density at radius 2 is 1.19 bits per heavy atom. The van der Waals surface area contributed by atoms with Crippen molar-refractivity contribution in [3.05, 3.63) is 72.6 Å². The molecule has 0 saturated heterocycles. The highest BCUT2D eigenvalue weighted by molar-refractivity contribution is 5.92. The summed E-state index contributed by atoms with van der Waals surface area (Å²) < 4.78 is 3.52. The summed E-state index contributed by atoms with van der Waals surface area (Å²) in [6.07, 6.45) is 18.3. The molecule has 2 fully saturated rings. The average molecular weight is 701 g/mol. The molecule has 14 nitrogen and oxygen atoms in total. The topological polar surface area (TPSA) is 169 Å². The molecule has 0 aliphatic heterocycles. The standard InChI is InChI=1S/2C19H22N6O/c1-12-15(13-10-20-25(2)11-13)9-17-16(21-12)7-8-18(23-17)24-19(26)22-14-5-3-4-6-14;1-12-15(13-9-21-25(2)11-13)10-20-16-7-8-17(23-18(12)16)24-19(26)22-14-5-3-4-6-14/h2*7-11,14H,3-6H2,1-2H3,(H2,22,23,24,26). The van der Waals surface area contributed by atoms with E-state index in [1.54, 1.807) is 21.5 Å². The lowest BCUT2D eigenvalue weighted by atomic mass is 10.0. The molecule has 2 saturated carbocycles. The van der Waals surface area contributed by atoms with E-state index in [0.29, 0.717) is 11.6 Å². The quantitative estimate of drug-likeness (QED) is 0.147. The largest absolute Gasteiger partial charge is 0.335 e. The Labute approximate surface area is 301 Å². The predicted molar refractivity (Wildman–Crippen MR) is 202 cm³/mol. The minimum atomic E-state index is -0.198. The summed E-state index contributed by atoms with van der Waals surface area (Å²) in [6, 6.07) is 9.48. The van der Waals surface area contributed by atoms with Gasteiger partial charge >= 0.3 is 12.1 Å². The third kappa shape index (κ3) is 8.01. The first-order valence-corrected chi connectivity index (χ1v) is 17.9. The van der Waals surface area contributed by atoms with Crippen LogP contribution in [-0.4, -0.2) is 63.6 Å². The number of pyridine rings is 4. The molecule has 14 heteroatoms. The van der Waals surface area contributed by atoms with Crippen LogP contribution in [0.5, 0.6) is 0 Å². The van der Waals surface area contributed by atoms with Gasteiger partial charge in [-0.15, -0.1) is 0 Å². The minimum Gasteiger partial charge on any atom is -0.335 e. The molecule has 8 rings (SSSR count). The SMILES string of the molecule is Cc1c(-c2cnn(C)c2)cnc2ccc(NC(=O)NC3CCCC3)nc12.Cc1nc2ccc(NC(=O)NC3CCCC3)nc2cc1-c1cnn(C)c1. The number of aromatic nitrogens is 8. The van der Waals surface area contributed by atoms with Crippen molar-refractivity contribution in [2.45, 2.75) is 77.3 Å². The number of carbonyl (C=O) groups is 2. The molecular formula is C38H44N12O2. The van der Waals surface area contributed by atoms with Gasteiger partial charge in [-0.2, -0.15) is 10.2 Å². The van der Waals surface area contributed by atoms with Gasteiger partial charge in [0.1, 0.15) is 11.6 Å². The summed E-state index contributed by atoms with van der Waals surface area (Å²) in [5.74, 6) is 1.05. The van der Waals surface area contributed by atoms with Crippen molar-refractivity contribution >= 4 is 45.8 Å². The van der Waals surface area contributed by atoms with Crippen LogP contribution in [-0.2, 0) is 14.1 Å². The monoisotopic (exact) mass is 700 g/mol. The lowest BCUT2D eigenvalue weighted by Crippen LogP contribution is -2.36. The third-order valence-corrected chi connectivity index (χ3v) is 9.72. The highest BCUT2D eigenvalue weighted by atomic mass is 16.2. The van der Waals surface area contributed by atoms with Gasteiger partial charge in [-0.05, 0) is 75.4 Å². The van der Waals surface area contributed by atoms with E-state index in [9.17, 15) is 9.59 Å². The van der Waals surface area contributed by atoms with Crippen LogP contribution in [0.25, 0.3) is 44.3 Å². The smallest absolute Gasteiger partial charge is 0.320 e. The van der Waals surface area contributed by atoms with Gasteiger partial charge in [0.25, 0.3) is 0 Å². The Morgan fingerprint density at radius 3 is 1.75 bits per heavy atom. The summed E-state index contributed by atoms with van der Waals surface area (Å²) in [6.45, 7) is 3.99. The van der Waals surface area contributed by atoms with Crippen molar-refractivity contribution in [2.24, 2.45) is 14.1 Å². The number of aryl methyl sites for hydroxylation is 4. The Bertz CT molecular complexity index is 2190. The van der Waals surface area contributed by atoms with Gasteiger partial charge in [-0.1, -0.05) is 25.7 Å². The van der Waals surface area contributed by atoms with Crippen molar-refractivity contribution in [3.63, 3.8) is 0 Å². The number of nitrogens with one attached hydrogen (secondary N) is 4. The number of hydrogen-bond acceptors (Lipinski definition) is 8. The van der Waals surface area contributed by atoms with E-state index < -0.39 is 0 Å². The molecule has 6 aromatic rings. The number of hydrogen-bond donors (Lipinski definition) is 4. The maximum Gasteiger partial charge on any atom is 0.320 e. The number of nitrogens with zero attached hydrogens (tertiary/aromatic N) is 8. The zero-order valence-corrected chi connectivity index (χ0v) is 30.0. The number of anilines is 2. The second-order valence-corrected chi connectivity index (χ2v) is 13.7. The lowest BCUT2D eigenvalue weighted by molar-refractivity contribution is 0.247. The number of urea groups is 2. The van der Waals surface area contributed by atoms with Crippen LogP contribution in [0.3, 0.4) is 0 Å². The van der Waals surface area contributed by atoms with Crippen LogP contribution in [0.4, 0.5) is 21.2 Å². The fourth-order valence-electron chi connectivity index (χ4n) is 7.00. The Morgan fingerprint density at radius 1 is 0.654 bits per heavy atom. The minimum absolute atomic E-state index is 0.197. The lowest BCUT2D eigenvalue weighted by Gasteiger charge is -2.13. The molecule has 4 amide bonds. The molecule has 0 aromatic carbocycles. The molecule has 52 heavy (non-hydrogen) atoms. The molecule has 0 atom stereocenters. The van der Waals surface area contributed by atoms with E-state index in [0.717, 1.165) is 81.3 Å². The van der Waals surface area contributed by atoms with Gasteiger partial charge in [-0.25, -0.2) is 19.6 Å². The Hall–Kier alpha value is -5.92. The first kappa shape index (κ1) is 34.5. The molecule has 0 spiro atoms. The van der Waals surface area contributed by atoms with Crippen LogP contribution >= 0.6 is 0 Å². The van der Waals surface area contributed by atoms with Crippen LogP contribution in [0.1, 0.15) is 62.6 Å². The van der Waals surface area contributed by atoms with Gasteiger partial charge in [0.15, 0.2) is 0 Å². The van der Waals surface area contributed by atoms with Gasteiger partial charge in [0.05, 0.1) is 34.5 Å². The van der Waals surface area contributed by atoms with Gasteiger partial charge in [0.2, 0.25) is 0 Å². The van der Waals surface area contributed by atoms with E-state index in [2.05, 4.69) is 51.4 Å². The summed E-state index contributed by atoms with van der Waals surface area (Å²) >= 11 is 0. The van der Waals surface area contributed by atoms with Gasteiger partial charge in [0, 0.05) is 72.7 Å². The molecule has 4 N–H and O–H groups in total. The molecule has 0 bridgehead atoms. The van der Waals surface area contributed by atoms with Crippen molar-refractivity contribution in [1.82, 2.24) is 50.1 Å². The van der Waals surface area contributed by atoms with Crippen LogP contribution in [0.15, 0.2) is 61.3 Å². The molecule has 268 valence electrons. The maximum atomic E-state index is 12.2. The third-order valence-electron chi connectivity index (χ3n) is 9.72. The van der Waals surface area contributed by atoms with Crippen LogP contribution < -0.4 is 21.3 Å². The molecular weight excluding hydrogens is 656 g/mol. The van der Waals surface area contributed by atoms with Gasteiger partial charge < -0.3 is 10.6 Å². The van der Waals surface area contributed by atoms with Crippen molar-refractivity contribution in [2.75, 3.05) is 10.6 Å². The van der Waals surface area contributed by atoms with E-state index in [4.69, 9.17) is 0 Å². The fourth-order valence-corrected chi connectivity index (χ4v) is 7.00. The van der Waals surface area contributed by atoms with Crippen molar-refractivity contribution < 1.29 is 9.59 Å².